The van der Waals surface area contributed by atoms with E-state index < -0.39 is 23.9 Å². The van der Waals surface area contributed by atoms with Gasteiger partial charge >= 0.3 is 40.9 Å². The minimum Gasteiger partial charge on any atom is -0.478 e. The maximum Gasteiger partial charge on any atom is 2.00 e. The first-order valence-corrected chi connectivity index (χ1v) is 15.2. The fraction of sp³-hybridized carbons (Fsp3) is 0. The number of rotatable bonds is 4. The molecule has 1 radical (unpaired) electrons. The molecule has 7 aromatic rings. The number of nitrogens with zero attached hydrogens (tertiary/aromatic N) is 8. The summed E-state index contributed by atoms with van der Waals surface area (Å²) in [5, 5.41) is 40.5. The molecule has 16 nitrogen and oxygen atoms in total. The molecular formula is C36H16MnN8O8. The Morgan fingerprint density at radius 1 is 0.377 bits per heavy atom. The van der Waals surface area contributed by atoms with Crippen LogP contribution in [0.1, 0.15) is 41.4 Å². The van der Waals surface area contributed by atoms with Gasteiger partial charge in [0.05, 0.1) is 45.6 Å². The number of carboxylic acid groups (broad SMARTS) is 4. The molecule has 0 spiro atoms. The fourth-order valence-corrected chi connectivity index (χ4v) is 6.20. The summed E-state index contributed by atoms with van der Waals surface area (Å²) < 4.78 is 0. The molecule has 0 saturated carbocycles. The molecule has 8 bridgehead atoms. The van der Waals surface area contributed by atoms with E-state index in [4.69, 9.17) is 19.9 Å². The molecule has 2 aliphatic rings. The molecule has 2 aliphatic heterocycles. The van der Waals surface area contributed by atoms with Crippen LogP contribution in [-0.2, 0) is 17.1 Å². The summed E-state index contributed by atoms with van der Waals surface area (Å²) in [6.07, 6.45) is 0. The monoisotopic (exact) mass is 743 g/mol. The molecular weight excluding hydrogens is 727 g/mol. The Bertz CT molecular complexity index is 2810. The Morgan fingerprint density at radius 3 is 1.04 bits per heavy atom. The molecule has 17 heteroatoms. The van der Waals surface area contributed by atoms with E-state index in [2.05, 4.69) is 19.9 Å². The van der Waals surface area contributed by atoms with Crippen molar-refractivity contribution in [2.45, 2.75) is 0 Å². The van der Waals surface area contributed by atoms with Gasteiger partial charge < -0.3 is 50.3 Å². The minimum atomic E-state index is -1.19. The molecule has 255 valence electrons. The maximum atomic E-state index is 12.0. The molecule has 0 fully saturated rings. The van der Waals surface area contributed by atoms with Crippen LogP contribution in [0.15, 0.2) is 72.8 Å². The van der Waals surface area contributed by atoms with Crippen LogP contribution in [0.5, 0.6) is 0 Å². The number of carbonyl (C=O) groups is 4. The van der Waals surface area contributed by atoms with Crippen molar-refractivity contribution in [1.29, 1.82) is 0 Å². The van der Waals surface area contributed by atoms with Gasteiger partial charge in [-0.15, -0.1) is 0 Å². The van der Waals surface area contributed by atoms with Crippen molar-refractivity contribution >= 4 is 68.0 Å². The van der Waals surface area contributed by atoms with Crippen LogP contribution in [-0.4, -0.2) is 74.2 Å². The van der Waals surface area contributed by atoms with Crippen molar-refractivity contribution in [2.24, 2.45) is 0 Å². The van der Waals surface area contributed by atoms with Gasteiger partial charge in [0, 0.05) is 44.8 Å². The fourth-order valence-electron chi connectivity index (χ4n) is 6.20. The van der Waals surface area contributed by atoms with Gasteiger partial charge in [-0.25, -0.2) is 29.1 Å². The summed E-state index contributed by atoms with van der Waals surface area (Å²) in [7, 11) is 0. The second-order valence-corrected chi connectivity index (χ2v) is 11.7. The standard InChI is InChI=1S/C36H18N8O8.Mn/c45-33(46)13-1-5-17-21(9-13)29-37-25(17)41-30-22-10-14(34(47)48)2-6-18(22)27(38-30)43-32-24-12-16(36(51)52)4-8-20(24)28(40-32)44-31-23-11-15(35(49)50)3-7-19(23)26(39-31)42-29;/h1-12H,(H6,37,38,39,40,41,42,43,44,45,46,47,48,49,50,51,52);/q;+2/p-2. The molecule has 0 amide bonds. The second-order valence-electron chi connectivity index (χ2n) is 11.7. The SMILES string of the molecule is O=C(O)c1ccc2c(c1)-c1nc-2nc2[n-]c(nc3nc(nc4[n-]c(n1)c1ccc(C(=O)O)cc41)-c1ccc(C(=O)O)cc1-3)c1ccc(C(=O)O)cc21.[Mn+2]. The van der Waals surface area contributed by atoms with Crippen LogP contribution in [0.4, 0.5) is 0 Å². The van der Waals surface area contributed by atoms with Gasteiger partial charge in [-0.2, -0.15) is 0 Å². The average Bonchev–Trinajstić information content (AvgIpc) is 3.85. The summed E-state index contributed by atoms with van der Waals surface area (Å²) in [4.78, 5) is 85.3. The Hall–Kier alpha value is -7.36. The number of aromatic carboxylic acids is 4. The smallest absolute Gasteiger partial charge is 0.478 e. The average molecular weight is 744 g/mol. The normalized spacial score (nSPS) is 11.5. The second kappa shape index (κ2) is 11.9. The third-order valence-electron chi connectivity index (χ3n) is 8.69. The first-order chi connectivity index (χ1) is 25.0. The predicted octanol–water partition coefficient (Wildman–Crippen LogP) is 4.92. The number of carboxylic acids is 4. The van der Waals surface area contributed by atoms with E-state index in [1.807, 2.05) is 0 Å². The Balaban J connectivity index is 0.00000400. The van der Waals surface area contributed by atoms with E-state index in [0.717, 1.165) is 0 Å². The quantitative estimate of drug-likeness (QED) is 0.175. The third-order valence-corrected chi connectivity index (χ3v) is 8.69. The summed E-state index contributed by atoms with van der Waals surface area (Å²) in [6, 6.07) is 17.2. The van der Waals surface area contributed by atoms with Gasteiger partial charge in [-0.05, 0) is 70.1 Å². The number of hydrogen-bond donors (Lipinski definition) is 4. The van der Waals surface area contributed by atoms with Crippen molar-refractivity contribution in [2.75, 3.05) is 0 Å². The molecule has 0 atom stereocenters. The first-order valence-electron chi connectivity index (χ1n) is 15.2. The topological polar surface area (TPSA) is 255 Å². The van der Waals surface area contributed by atoms with E-state index in [0.29, 0.717) is 43.8 Å². The zero-order valence-electron chi connectivity index (χ0n) is 26.3. The molecule has 4 N–H and O–H groups in total. The summed E-state index contributed by atoms with van der Waals surface area (Å²) in [5.41, 5.74) is 1.52. The zero-order chi connectivity index (χ0) is 36.0. The van der Waals surface area contributed by atoms with Crippen LogP contribution >= 0.6 is 0 Å². The zero-order valence-corrected chi connectivity index (χ0v) is 27.5. The van der Waals surface area contributed by atoms with Crippen molar-refractivity contribution in [1.82, 2.24) is 39.9 Å². The van der Waals surface area contributed by atoms with E-state index in [1.165, 1.54) is 72.8 Å². The number of fused-ring (bicyclic) bond motifs is 20. The van der Waals surface area contributed by atoms with Crippen LogP contribution in [0.25, 0.3) is 89.7 Å². The van der Waals surface area contributed by atoms with Gasteiger partial charge in [-0.1, -0.05) is 24.3 Å². The third kappa shape index (κ3) is 5.22. The van der Waals surface area contributed by atoms with Crippen molar-refractivity contribution in [3.05, 3.63) is 95.1 Å². The van der Waals surface area contributed by atoms with Gasteiger partial charge in [0.25, 0.3) is 0 Å². The predicted molar refractivity (Wildman–Crippen MR) is 182 cm³/mol. The van der Waals surface area contributed by atoms with E-state index >= 15 is 0 Å². The van der Waals surface area contributed by atoms with Crippen LogP contribution in [0.2, 0.25) is 0 Å². The largest absolute Gasteiger partial charge is 2.00 e. The summed E-state index contributed by atoms with van der Waals surface area (Å²) in [5.74, 6) is -4.49. The van der Waals surface area contributed by atoms with E-state index in [9.17, 15) is 39.6 Å². The van der Waals surface area contributed by atoms with Crippen LogP contribution < -0.4 is 9.97 Å². The maximum absolute atomic E-state index is 12.0. The molecule has 4 aromatic carbocycles. The molecule has 9 rings (SSSR count). The number of hydrogen-bond acceptors (Lipinski definition) is 10. The Kier molecular flexibility index (Phi) is 7.35. The van der Waals surface area contributed by atoms with Gasteiger partial charge in [-0.3, -0.25) is 0 Å². The Labute approximate surface area is 304 Å². The molecule has 5 heterocycles. The first kappa shape index (κ1) is 32.8. The van der Waals surface area contributed by atoms with Crippen molar-refractivity contribution in [3.63, 3.8) is 0 Å². The van der Waals surface area contributed by atoms with E-state index in [-0.39, 0.29) is 85.2 Å². The number of aromatic nitrogens is 8. The van der Waals surface area contributed by atoms with Gasteiger partial charge in [0.15, 0.2) is 0 Å². The number of benzene rings is 4. The van der Waals surface area contributed by atoms with Gasteiger partial charge in [0.2, 0.25) is 0 Å². The molecule has 3 aromatic heterocycles. The molecule has 0 saturated heterocycles. The van der Waals surface area contributed by atoms with Crippen molar-refractivity contribution < 1.29 is 56.7 Å². The van der Waals surface area contributed by atoms with Crippen LogP contribution in [0.3, 0.4) is 0 Å². The summed E-state index contributed by atoms with van der Waals surface area (Å²) in [6.45, 7) is 0. The van der Waals surface area contributed by atoms with Crippen LogP contribution in [0, 0.1) is 0 Å². The minimum absolute atomic E-state index is 0. The molecule has 0 aliphatic carbocycles. The summed E-state index contributed by atoms with van der Waals surface area (Å²) >= 11 is 0. The Morgan fingerprint density at radius 2 is 0.679 bits per heavy atom. The molecule has 0 unspecified atom stereocenters. The van der Waals surface area contributed by atoms with E-state index in [1.54, 1.807) is 0 Å². The molecule has 53 heavy (non-hydrogen) atoms. The van der Waals surface area contributed by atoms with Gasteiger partial charge in [0.1, 0.15) is 0 Å². The van der Waals surface area contributed by atoms with Crippen molar-refractivity contribution in [3.8, 4) is 45.6 Å².